The number of carbonyl (C=O) groups excluding carboxylic acids is 2. The highest BCUT2D eigenvalue weighted by molar-refractivity contribution is 7.12. The Morgan fingerprint density at radius 3 is 2.67 bits per heavy atom. The van der Waals surface area contributed by atoms with E-state index in [0.29, 0.717) is 10.8 Å². The molecule has 1 aromatic carbocycles. The lowest BCUT2D eigenvalue weighted by atomic mass is 10.0. The second kappa shape index (κ2) is 6.40. The number of hydrogen-bond donors (Lipinski definition) is 1. The van der Waals surface area contributed by atoms with Crippen LogP contribution >= 0.6 is 11.3 Å². The Labute approximate surface area is 145 Å². The zero-order chi connectivity index (χ0) is 16.5. The van der Waals surface area contributed by atoms with E-state index in [4.69, 9.17) is 0 Å². The Kier molecular flexibility index (Phi) is 4.10. The average molecular weight is 340 g/mol. The molecule has 1 N–H and O–H groups in total. The molecule has 1 saturated heterocycles. The summed E-state index contributed by atoms with van der Waals surface area (Å²) >= 11 is 1.39. The van der Waals surface area contributed by atoms with Gasteiger partial charge in [0, 0.05) is 13.1 Å². The molecule has 3 atom stereocenters. The Morgan fingerprint density at radius 2 is 1.96 bits per heavy atom. The average Bonchev–Trinajstić information content (AvgIpc) is 3.19. The van der Waals surface area contributed by atoms with Gasteiger partial charge in [-0.15, -0.1) is 11.3 Å². The SMILES string of the molecule is O=C(NC(C(=O)N1CCC2CC2C1)c1ccccc1)c1cccs1. The van der Waals surface area contributed by atoms with E-state index in [1.54, 1.807) is 6.07 Å². The second-order valence-corrected chi connectivity index (χ2v) is 7.57. The van der Waals surface area contributed by atoms with E-state index in [1.165, 1.54) is 17.8 Å². The molecule has 2 fully saturated rings. The van der Waals surface area contributed by atoms with Crippen LogP contribution in [0, 0.1) is 11.8 Å². The highest BCUT2D eigenvalue weighted by Crippen LogP contribution is 2.45. The van der Waals surface area contributed by atoms with Crippen LogP contribution in [0.1, 0.15) is 34.1 Å². The minimum atomic E-state index is -0.615. The van der Waals surface area contributed by atoms with E-state index in [-0.39, 0.29) is 11.8 Å². The molecule has 2 heterocycles. The number of amides is 2. The summed E-state index contributed by atoms with van der Waals surface area (Å²) in [6.07, 6.45) is 2.35. The van der Waals surface area contributed by atoms with Crippen molar-refractivity contribution in [1.82, 2.24) is 10.2 Å². The fraction of sp³-hybridized carbons (Fsp3) is 0.368. The molecule has 4 rings (SSSR count). The number of rotatable bonds is 4. The topological polar surface area (TPSA) is 49.4 Å². The van der Waals surface area contributed by atoms with Crippen LogP contribution in [-0.4, -0.2) is 29.8 Å². The van der Waals surface area contributed by atoms with Gasteiger partial charge in [0.25, 0.3) is 5.91 Å². The highest BCUT2D eigenvalue weighted by Gasteiger charge is 2.43. The van der Waals surface area contributed by atoms with Gasteiger partial charge in [-0.2, -0.15) is 0 Å². The van der Waals surface area contributed by atoms with Gasteiger partial charge in [0.1, 0.15) is 6.04 Å². The van der Waals surface area contributed by atoms with Crippen molar-refractivity contribution in [2.45, 2.75) is 18.9 Å². The maximum atomic E-state index is 13.1. The third-order valence-corrected chi connectivity index (χ3v) is 5.87. The Bertz CT molecular complexity index is 729. The zero-order valence-electron chi connectivity index (χ0n) is 13.4. The number of thiophene rings is 1. The summed E-state index contributed by atoms with van der Waals surface area (Å²) in [6, 6.07) is 12.5. The molecule has 1 aliphatic carbocycles. The van der Waals surface area contributed by atoms with Crippen molar-refractivity contribution in [3.8, 4) is 0 Å². The quantitative estimate of drug-likeness (QED) is 0.930. The van der Waals surface area contributed by atoms with Gasteiger partial charge in [-0.3, -0.25) is 9.59 Å². The smallest absolute Gasteiger partial charge is 0.262 e. The Hall–Kier alpha value is -2.14. The molecule has 0 spiro atoms. The van der Waals surface area contributed by atoms with Gasteiger partial charge < -0.3 is 10.2 Å². The van der Waals surface area contributed by atoms with Gasteiger partial charge >= 0.3 is 0 Å². The molecule has 2 amide bonds. The molecule has 0 bridgehead atoms. The molecular weight excluding hydrogens is 320 g/mol. The van der Waals surface area contributed by atoms with Crippen LogP contribution in [0.5, 0.6) is 0 Å². The van der Waals surface area contributed by atoms with Crippen LogP contribution in [0.15, 0.2) is 47.8 Å². The van der Waals surface area contributed by atoms with Crippen LogP contribution < -0.4 is 5.32 Å². The summed E-state index contributed by atoms with van der Waals surface area (Å²) in [4.78, 5) is 28.1. The Morgan fingerprint density at radius 1 is 1.12 bits per heavy atom. The van der Waals surface area contributed by atoms with Gasteiger partial charge in [-0.1, -0.05) is 36.4 Å². The van der Waals surface area contributed by atoms with Crippen molar-refractivity contribution in [2.24, 2.45) is 11.8 Å². The number of fused-ring (bicyclic) bond motifs is 1. The Balaban J connectivity index is 1.55. The summed E-state index contributed by atoms with van der Waals surface area (Å²) in [7, 11) is 0. The molecule has 2 aromatic rings. The number of nitrogens with zero attached hydrogens (tertiary/aromatic N) is 1. The lowest BCUT2D eigenvalue weighted by Crippen LogP contribution is -2.45. The first-order valence-corrected chi connectivity index (χ1v) is 9.28. The maximum absolute atomic E-state index is 13.1. The first kappa shape index (κ1) is 15.4. The summed E-state index contributed by atoms with van der Waals surface area (Å²) in [6.45, 7) is 1.64. The standard InChI is InChI=1S/C19H20N2O2S/c22-18(16-7-4-10-24-16)20-17(13-5-2-1-3-6-13)19(23)21-9-8-14-11-15(14)12-21/h1-7,10,14-15,17H,8-9,11-12H2,(H,20,22). The van der Waals surface area contributed by atoms with Crippen molar-refractivity contribution >= 4 is 23.2 Å². The van der Waals surface area contributed by atoms with Crippen LogP contribution in [0.4, 0.5) is 0 Å². The van der Waals surface area contributed by atoms with Crippen molar-refractivity contribution in [3.63, 3.8) is 0 Å². The van der Waals surface area contributed by atoms with Crippen molar-refractivity contribution < 1.29 is 9.59 Å². The van der Waals surface area contributed by atoms with Gasteiger partial charge in [0.15, 0.2) is 0 Å². The van der Waals surface area contributed by atoms with Crippen LogP contribution in [-0.2, 0) is 4.79 Å². The number of piperidine rings is 1. The number of hydrogen-bond acceptors (Lipinski definition) is 3. The summed E-state index contributed by atoms with van der Waals surface area (Å²) in [5, 5.41) is 4.81. The van der Waals surface area contributed by atoms with E-state index < -0.39 is 6.04 Å². The molecule has 0 radical (unpaired) electrons. The number of benzene rings is 1. The first-order valence-electron chi connectivity index (χ1n) is 8.40. The summed E-state index contributed by atoms with van der Waals surface area (Å²) in [5.74, 6) is 1.32. The third-order valence-electron chi connectivity index (χ3n) is 5.01. The lowest BCUT2D eigenvalue weighted by Gasteiger charge is -2.30. The van der Waals surface area contributed by atoms with Crippen LogP contribution in [0.3, 0.4) is 0 Å². The minimum absolute atomic E-state index is 0.0106. The molecule has 2 aliphatic rings. The molecule has 3 unspecified atom stereocenters. The van der Waals surface area contributed by atoms with Gasteiger partial charge in [-0.05, 0) is 41.7 Å². The van der Waals surface area contributed by atoms with E-state index in [0.717, 1.165) is 31.0 Å². The second-order valence-electron chi connectivity index (χ2n) is 6.62. The van der Waals surface area contributed by atoms with Gasteiger partial charge in [0.2, 0.25) is 5.91 Å². The molecule has 4 nitrogen and oxygen atoms in total. The summed E-state index contributed by atoms with van der Waals surface area (Å²) in [5.41, 5.74) is 0.838. The van der Waals surface area contributed by atoms with E-state index in [9.17, 15) is 9.59 Å². The maximum Gasteiger partial charge on any atom is 0.262 e. The lowest BCUT2D eigenvalue weighted by molar-refractivity contribution is -0.134. The largest absolute Gasteiger partial charge is 0.340 e. The first-order chi connectivity index (χ1) is 11.7. The molecule has 1 aliphatic heterocycles. The third kappa shape index (κ3) is 3.08. The molecule has 1 saturated carbocycles. The summed E-state index contributed by atoms with van der Waals surface area (Å²) < 4.78 is 0. The molecule has 24 heavy (non-hydrogen) atoms. The fourth-order valence-electron chi connectivity index (χ4n) is 3.51. The predicted octanol–water partition coefficient (Wildman–Crippen LogP) is 3.09. The molecule has 124 valence electrons. The highest BCUT2D eigenvalue weighted by atomic mass is 32.1. The molecule has 1 aromatic heterocycles. The molecular formula is C19H20N2O2S. The monoisotopic (exact) mass is 340 g/mol. The van der Waals surface area contributed by atoms with E-state index in [2.05, 4.69) is 5.32 Å². The number of likely N-dealkylation sites (tertiary alicyclic amines) is 1. The van der Waals surface area contributed by atoms with Crippen molar-refractivity contribution in [1.29, 1.82) is 0 Å². The number of nitrogens with one attached hydrogen (secondary N) is 1. The van der Waals surface area contributed by atoms with Gasteiger partial charge in [0.05, 0.1) is 4.88 Å². The van der Waals surface area contributed by atoms with E-state index in [1.807, 2.05) is 46.7 Å². The zero-order valence-corrected chi connectivity index (χ0v) is 14.2. The van der Waals surface area contributed by atoms with Crippen LogP contribution in [0.25, 0.3) is 0 Å². The van der Waals surface area contributed by atoms with Crippen molar-refractivity contribution in [2.75, 3.05) is 13.1 Å². The normalized spacial score (nSPS) is 23.2. The minimum Gasteiger partial charge on any atom is -0.340 e. The van der Waals surface area contributed by atoms with E-state index >= 15 is 0 Å². The fourth-order valence-corrected chi connectivity index (χ4v) is 4.14. The predicted molar refractivity (Wildman–Crippen MR) is 93.8 cm³/mol. The van der Waals surface area contributed by atoms with Gasteiger partial charge in [-0.25, -0.2) is 0 Å². The number of carbonyl (C=O) groups is 2. The van der Waals surface area contributed by atoms with Crippen LogP contribution in [0.2, 0.25) is 0 Å². The molecule has 5 heteroatoms. The van der Waals surface area contributed by atoms with Crippen molar-refractivity contribution in [3.05, 3.63) is 58.3 Å².